The summed E-state index contributed by atoms with van der Waals surface area (Å²) in [6.07, 6.45) is 86.1. The Bertz CT molecular complexity index is 1290. The van der Waals surface area contributed by atoms with E-state index in [2.05, 4.69) is 55.6 Å². The van der Waals surface area contributed by atoms with Crippen molar-refractivity contribution in [1.82, 2.24) is 5.32 Å². The van der Waals surface area contributed by atoms with Crippen LogP contribution in [0.1, 0.15) is 367 Å². The van der Waals surface area contributed by atoms with E-state index in [-0.39, 0.29) is 18.5 Å². The molecule has 0 saturated carbocycles. The van der Waals surface area contributed by atoms with Gasteiger partial charge in [-0.2, -0.15) is 0 Å². The molecule has 0 bridgehead atoms. The summed E-state index contributed by atoms with van der Waals surface area (Å²) >= 11 is 0. The summed E-state index contributed by atoms with van der Waals surface area (Å²) in [5.74, 6) is -0.0641. The average Bonchev–Trinajstić information content (AvgIpc) is 3.43. The Labute approximate surface area is 480 Å². The number of aliphatic hydroxyl groups is 2. The van der Waals surface area contributed by atoms with Gasteiger partial charge in [0.05, 0.1) is 25.4 Å². The van der Waals surface area contributed by atoms with E-state index in [9.17, 15) is 19.8 Å². The fraction of sp³-hybridized carbons (Fsp3) is 0.859. The normalized spacial score (nSPS) is 12.8. The van der Waals surface area contributed by atoms with Crippen molar-refractivity contribution in [2.75, 3.05) is 13.2 Å². The lowest BCUT2D eigenvalue weighted by Gasteiger charge is -2.20. The van der Waals surface area contributed by atoms with E-state index in [0.29, 0.717) is 19.4 Å². The molecule has 452 valence electrons. The molecule has 0 aromatic rings. The third kappa shape index (κ3) is 62.9. The SMILES string of the molecule is CCC/C=C\C/C=C\CCCCCCCC(=O)OCCCCCCCCCCCCCC/C=C\CCCCCCCCCCCCCCCC(=O)NC(CO)C(O)/C=C/CCCCCCCCCCCCCCCCCC. The van der Waals surface area contributed by atoms with Crippen LogP contribution in [-0.2, 0) is 14.3 Å². The van der Waals surface area contributed by atoms with Gasteiger partial charge in [0.25, 0.3) is 0 Å². The zero-order valence-electron chi connectivity index (χ0n) is 51.7. The lowest BCUT2D eigenvalue weighted by Crippen LogP contribution is -2.45. The molecule has 0 heterocycles. The van der Waals surface area contributed by atoms with Crippen molar-refractivity contribution in [1.29, 1.82) is 0 Å². The standard InChI is InChI=1S/C71H133NO5/c1-3-5-7-9-11-13-15-17-18-19-33-36-40-43-47-51-55-59-63-69(74)68(67-73)72-70(75)64-60-56-52-48-44-41-37-34-31-29-27-25-23-21-20-22-24-26-28-30-32-35-38-42-46-50-54-58-62-66-77-71(76)65-61-57-53-49-45-39-16-14-12-10-8-6-4-2/h8,10,14,16,20,22,59,63,68-69,73-74H,3-7,9,11-13,15,17-19,21,23-58,60-62,64-67H2,1-2H3,(H,72,75)/b10-8-,16-14-,22-20-,63-59+. The number of hydrogen-bond donors (Lipinski definition) is 3. The Morgan fingerprint density at radius 2 is 0.675 bits per heavy atom. The van der Waals surface area contributed by atoms with Gasteiger partial charge < -0.3 is 20.3 Å². The molecule has 0 aromatic heterocycles. The zero-order chi connectivity index (χ0) is 55.7. The summed E-state index contributed by atoms with van der Waals surface area (Å²) in [5.41, 5.74) is 0. The average molecular weight is 1080 g/mol. The predicted octanol–water partition coefficient (Wildman–Crippen LogP) is 22.1. The first kappa shape index (κ1) is 74.8. The molecule has 0 aliphatic rings. The Kier molecular flexibility index (Phi) is 64.5. The lowest BCUT2D eigenvalue weighted by atomic mass is 10.0. The van der Waals surface area contributed by atoms with Gasteiger partial charge in [-0.15, -0.1) is 0 Å². The number of ether oxygens (including phenoxy) is 1. The van der Waals surface area contributed by atoms with Crippen LogP contribution in [0, 0.1) is 0 Å². The van der Waals surface area contributed by atoms with Crippen molar-refractivity contribution >= 4 is 11.9 Å². The van der Waals surface area contributed by atoms with Gasteiger partial charge >= 0.3 is 5.97 Å². The second-order valence-electron chi connectivity index (χ2n) is 23.5. The van der Waals surface area contributed by atoms with Crippen molar-refractivity contribution in [3.63, 3.8) is 0 Å². The van der Waals surface area contributed by atoms with Crippen LogP contribution in [0.5, 0.6) is 0 Å². The van der Waals surface area contributed by atoms with Gasteiger partial charge in [-0.1, -0.05) is 319 Å². The molecule has 6 heteroatoms. The molecule has 0 aliphatic heterocycles. The summed E-state index contributed by atoms with van der Waals surface area (Å²) in [4.78, 5) is 24.5. The number of amides is 1. The molecule has 2 atom stereocenters. The highest BCUT2D eigenvalue weighted by atomic mass is 16.5. The Hall–Kier alpha value is -2.18. The smallest absolute Gasteiger partial charge is 0.305 e. The molecule has 77 heavy (non-hydrogen) atoms. The highest BCUT2D eigenvalue weighted by Gasteiger charge is 2.18. The predicted molar refractivity (Wildman–Crippen MR) is 338 cm³/mol. The molecular weight excluding hydrogens is 947 g/mol. The minimum absolute atomic E-state index is 0.000712. The van der Waals surface area contributed by atoms with Gasteiger partial charge in [-0.3, -0.25) is 9.59 Å². The van der Waals surface area contributed by atoms with E-state index < -0.39 is 12.1 Å². The maximum Gasteiger partial charge on any atom is 0.305 e. The second-order valence-corrected chi connectivity index (χ2v) is 23.5. The summed E-state index contributed by atoms with van der Waals surface area (Å²) < 4.78 is 5.47. The first-order chi connectivity index (χ1) is 38.0. The van der Waals surface area contributed by atoms with Crippen molar-refractivity contribution in [2.45, 2.75) is 379 Å². The number of unbranched alkanes of at least 4 members (excludes halogenated alkanes) is 47. The topological polar surface area (TPSA) is 95.9 Å². The van der Waals surface area contributed by atoms with Crippen LogP contribution in [0.3, 0.4) is 0 Å². The van der Waals surface area contributed by atoms with Crippen LogP contribution in [0.4, 0.5) is 0 Å². The number of aliphatic hydroxyl groups excluding tert-OH is 2. The van der Waals surface area contributed by atoms with Crippen LogP contribution in [0.2, 0.25) is 0 Å². The van der Waals surface area contributed by atoms with E-state index in [1.165, 1.54) is 289 Å². The largest absolute Gasteiger partial charge is 0.466 e. The molecule has 0 saturated heterocycles. The molecule has 2 unspecified atom stereocenters. The molecule has 0 spiro atoms. The van der Waals surface area contributed by atoms with E-state index in [1.807, 2.05) is 6.08 Å². The van der Waals surface area contributed by atoms with Gasteiger partial charge in [0.15, 0.2) is 0 Å². The highest BCUT2D eigenvalue weighted by molar-refractivity contribution is 5.76. The lowest BCUT2D eigenvalue weighted by molar-refractivity contribution is -0.143. The molecule has 1 amide bonds. The summed E-state index contributed by atoms with van der Waals surface area (Å²) in [6, 6.07) is -0.628. The summed E-state index contributed by atoms with van der Waals surface area (Å²) in [6.45, 7) is 4.86. The van der Waals surface area contributed by atoms with Crippen molar-refractivity contribution in [3.8, 4) is 0 Å². The first-order valence-electron chi connectivity index (χ1n) is 34.4. The number of hydrogen-bond acceptors (Lipinski definition) is 5. The minimum atomic E-state index is -0.845. The molecule has 0 rings (SSSR count). The van der Waals surface area contributed by atoms with E-state index >= 15 is 0 Å². The van der Waals surface area contributed by atoms with Gasteiger partial charge in [0.2, 0.25) is 5.91 Å². The van der Waals surface area contributed by atoms with Crippen molar-refractivity contribution < 1.29 is 24.5 Å². The van der Waals surface area contributed by atoms with E-state index in [0.717, 1.165) is 51.4 Å². The Morgan fingerprint density at radius 1 is 0.364 bits per heavy atom. The van der Waals surface area contributed by atoms with Crippen LogP contribution in [-0.4, -0.2) is 47.4 Å². The Balaban J connectivity index is 3.40. The van der Waals surface area contributed by atoms with Crippen LogP contribution >= 0.6 is 0 Å². The molecule has 0 radical (unpaired) electrons. The third-order valence-electron chi connectivity index (χ3n) is 15.8. The Morgan fingerprint density at radius 3 is 1.05 bits per heavy atom. The maximum atomic E-state index is 12.5. The molecule has 6 nitrogen and oxygen atoms in total. The van der Waals surface area contributed by atoms with Crippen LogP contribution < -0.4 is 5.32 Å². The number of rotatable bonds is 64. The van der Waals surface area contributed by atoms with Crippen LogP contribution in [0.15, 0.2) is 48.6 Å². The van der Waals surface area contributed by atoms with Crippen LogP contribution in [0.25, 0.3) is 0 Å². The minimum Gasteiger partial charge on any atom is -0.466 e. The van der Waals surface area contributed by atoms with Gasteiger partial charge in [0.1, 0.15) is 0 Å². The number of carbonyl (C=O) groups is 2. The fourth-order valence-electron chi connectivity index (χ4n) is 10.6. The monoisotopic (exact) mass is 1080 g/mol. The molecule has 0 aliphatic carbocycles. The van der Waals surface area contributed by atoms with E-state index in [4.69, 9.17) is 4.74 Å². The van der Waals surface area contributed by atoms with Crippen molar-refractivity contribution in [2.24, 2.45) is 0 Å². The highest BCUT2D eigenvalue weighted by Crippen LogP contribution is 2.18. The third-order valence-corrected chi connectivity index (χ3v) is 15.8. The second kappa shape index (κ2) is 66.3. The molecule has 0 aromatic carbocycles. The first-order valence-corrected chi connectivity index (χ1v) is 34.4. The zero-order valence-corrected chi connectivity index (χ0v) is 51.7. The number of nitrogens with one attached hydrogen (secondary N) is 1. The maximum absolute atomic E-state index is 12.5. The molecule has 0 fully saturated rings. The molecular formula is C71H133NO5. The quantitative estimate of drug-likeness (QED) is 0.0320. The summed E-state index contributed by atoms with van der Waals surface area (Å²) in [5, 5.41) is 23.2. The number of carbonyl (C=O) groups excluding carboxylic acids is 2. The van der Waals surface area contributed by atoms with Gasteiger partial charge in [-0.05, 0) is 83.5 Å². The van der Waals surface area contributed by atoms with E-state index in [1.54, 1.807) is 6.08 Å². The fourth-order valence-corrected chi connectivity index (χ4v) is 10.6. The number of allylic oxidation sites excluding steroid dienone is 7. The van der Waals surface area contributed by atoms with Gasteiger partial charge in [-0.25, -0.2) is 0 Å². The summed E-state index contributed by atoms with van der Waals surface area (Å²) in [7, 11) is 0. The van der Waals surface area contributed by atoms with Gasteiger partial charge in [0, 0.05) is 12.8 Å². The molecule has 3 N–H and O–H groups in total. The van der Waals surface area contributed by atoms with Crippen molar-refractivity contribution in [3.05, 3.63) is 48.6 Å². The number of esters is 1.